The number of hydrogen-bond acceptors (Lipinski definition) is 5. The van der Waals surface area contributed by atoms with Gasteiger partial charge in [0.1, 0.15) is 24.7 Å². The van der Waals surface area contributed by atoms with E-state index in [1.54, 1.807) is 12.3 Å². The minimum Gasteiger partial charge on any atom is -0.491 e. The zero-order valence-electron chi connectivity index (χ0n) is 16.9. The second kappa shape index (κ2) is 11.4. The van der Waals surface area contributed by atoms with Crippen molar-refractivity contribution in [2.24, 2.45) is 4.99 Å². The van der Waals surface area contributed by atoms with Crippen molar-refractivity contribution in [3.05, 3.63) is 54.0 Å². The van der Waals surface area contributed by atoms with Crippen LogP contribution in [0, 0.1) is 6.92 Å². The summed E-state index contributed by atoms with van der Waals surface area (Å²) >= 11 is 0. The molecule has 0 saturated carbocycles. The van der Waals surface area contributed by atoms with Gasteiger partial charge in [-0.3, -0.25) is 5.10 Å². The first kappa shape index (κ1) is 22.7. The summed E-state index contributed by atoms with van der Waals surface area (Å²) in [6, 6.07) is 11.6. The molecule has 156 valence electrons. The number of H-pyrrole nitrogens is 1. The Labute approximate surface area is 187 Å². The van der Waals surface area contributed by atoms with E-state index in [1.807, 2.05) is 56.1 Å². The summed E-state index contributed by atoms with van der Waals surface area (Å²) in [5.74, 6) is 3.52. The Morgan fingerprint density at radius 2 is 2.10 bits per heavy atom. The molecule has 0 aliphatic heterocycles. The molecule has 2 aromatic heterocycles. The van der Waals surface area contributed by atoms with Crippen LogP contribution in [0.2, 0.25) is 0 Å². The van der Waals surface area contributed by atoms with E-state index in [4.69, 9.17) is 9.15 Å². The second-order valence-corrected chi connectivity index (χ2v) is 6.29. The van der Waals surface area contributed by atoms with E-state index in [2.05, 4.69) is 25.5 Å². The molecule has 0 fully saturated rings. The molecule has 1 aromatic carbocycles. The maximum Gasteiger partial charge on any atom is 0.216 e. The van der Waals surface area contributed by atoms with Gasteiger partial charge >= 0.3 is 0 Å². The van der Waals surface area contributed by atoms with E-state index in [-0.39, 0.29) is 24.0 Å². The maximum absolute atomic E-state index is 5.88. The van der Waals surface area contributed by atoms with Crippen molar-refractivity contribution in [2.75, 3.05) is 26.7 Å². The summed E-state index contributed by atoms with van der Waals surface area (Å²) in [4.78, 5) is 11.1. The largest absolute Gasteiger partial charge is 0.491 e. The standard InChI is InChI=1S/C20H26N6O2.HI/c1-4-21-20(26(3)11-13-28-16-9-6-5-8-15(16)2)22-14-18-23-19(25-24-18)17-10-7-12-27-17;/h5-10,12H,4,11,13-14H2,1-3H3,(H,21,22)(H,23,24,25);1H. The lowest BCUT2D eigenvalue weighted by molar-refractivity contribution is 0.280. The molecule has 3 rings (SSSR count). The molecule has 2 N–H and O–H groups in total. The van der Waals surface area contributed by atoms with Crippen LogP contribution in [0.15, 0.2) is 52.1 Å². The third-order valence-corrected chi connectivity index (χ3v) is 4.13. The van der Waals surface area contributed by atoms with Crippen LogP contribution >= 0.6 is 24.0 Å². The predicted molar refractivity (Wildman–Crippen MR) is 124 cm³/mol. The lowest BCUT2D eigenvalue weighted by Crippen LogP contribution is -2.40. The molecule has 2 heterocycles. The van der Waals surface area contributed by atoms with Gasteiger partial charge in [0.25, 0.3) is 0 Å². The van der Waals surface area contributed by atoms with E-state index < -0.39 is 0 Å². The molecule has 0 aliphatic rings. The highest BCUT2D eigenvalue weighted by atomic mass is 127. The van der Waals surface area contributed by atoms with Gasteiger partial charge in [-0.1, -0.05) is 18.2 Å². The fraction of sp³-hybridized carbons (Fsp3) is 0.350. The molecule has 8 nitrogen and oxygen atoms in total. The Morgan fingerprint density at radius 1 is 1.28 bits per heavy atom. The number of rotatable bonds is 8. The number of para-hydroxylation sites is 1. The van der Waals surface area contributed by atoms with E-state index in [1.165, 1.54) is 0 Å². The molecule has 0 unspecified atom stereocenters. The van der Waals surface area contributed by atoms with Crippen LogP contribution in [0.4, 0.5) is 0 Å². The first-order chi connectivity index (χ1) is 13.7. The first-order valence-corrected chi connectivity index (χ1v) is 9.30. The molecular weight excluding hydrogens is 483 g/mol. The number of halogens is 1. The molecule has 3 aromatic rings. The Bertz CT molecular complexity index is 894. The number of nitrogens with zero attached hydrogens (tertiary/aromatic N) is 4. The average molecular weight is 510 g/mol. The Balaban J connectivity index is 0.00000300. The third-order valence-electron chi connectivity index (χ3n) is 4.13. The smallest absolute Gasteiger partial charge is 0.216 e. The van der Waals surface area contributed by atoms with Crippen LogP contribution in [0.5, 0.6) is 5.75 Å². The molecule has 0 spiro atoms. The van der Waals surface area contributed by atoms with Gasteiger partial charge in [0.15, 0.2) is 11.7 Å². The second-order valence-electron chi connectivity index (χ2n) is 6.29. The monoisotopic (exact) mass is 510 g/mol. The van der Waals surface area contributed by atoms with E-state index in [0.29, 0.717) is 37.1 Å². The normalized spacial score (nSPS) is 11.1. The number of nitrogens with one attached hydrogen (secondary N) is 2. The lowest BCUT2D eigenvalue weighted by atomic mass is 10.2. The number of furan rings is 1. The fourth-order valence-corrected chi connectivity index (χ4v) is 2.62. The minimum absolute atomic E-state index is 0. The predicted octanol–water partition coefficient (Wildman–Crippen LogP) is 3.47. The summed E-state index contributed by atoms with van der Waals surface area (Å²) < 4.78 is 11.2. The highest BCUT2D eigenvalue weighted by Gasteiger charge is 2.10. The molecule has 0 atom stereocenters. The van der Waals surface area contributed by atoms with Crippen LogP contribution < -0.4 is 10.1 Å². The van der Waals surface area contributed by atoms with Gasteiger partial charge in [-0.2, -0.15) is 0 Å². The van der Waals surface area contributed by atoms with Crippen molar-refractivity contribution in [3.63, 3.8) is 0 Å². The van der Waals surface area contributed by atoms with Crippen LogP contribution in [0.25, 0.3) is 11.6 Å². The number of aryl methyl sites for hydroxylation is 1. The number of aliphatic imine (C=N–C) groups is 1. The van der Waals surface area contributed by atoms with Gasteiger partial charge in [-0.15, -0.1) is 29.1 Å². The Morgan fingerprint density at radius 3 is 2.83 bits per heavy atom. The summed E-state index contributed by atoms with van der Waals surface area (Å²) in [5, 5.41) is 10.4. The minimum atomic E-state index is 0. The van der Waals surface area contributed by atoms with Crippen LogP contribution in [-0.4, -0.2) is 52.8 Å². The highest BCUT2D eigenvalue weighted by Crippen LogP contribution is 2.16. The number of aromatic amines is 1. The quantitative estimate of drug-likeness (QED) is 0.274. The zero-order valence-corrected chi connectivity index (χ0v) is 19.2. The summed E-state index contributed by atoms with van der Waals surface area (Å²) in [5.41, 5.74) is 1.13. The van der Waals surface area contributed by atoms with E-state index in [9.17, 15) is 0 Å². The van der Waals surface area contributed by atoms with Crippen molar-refractivity contribution < 1.29 is 9.15 Å². The van der Waals surface area contributed by atoms with Gasteiger partial charge in [-0.25, -0.2) is 9.98 Å². The number of ether oxygens (including phenoxy) is 1. The summed E-state index contributed by atoms with van der Waals surface area (Å²) in [6.45, 7) is 6.51. The average Bonchev–Trinajstić information content (AvgIpc) is 3.38. The van der Waals surface area contributed by atoms with Crippen LogP contribution in [-0.2, 0) is 6.54 Å². The van der Waals surface area contributed by atoms with E-state index in [0.717, 1.165) is 23.8 Å². The molecule has 0 bridgehead atoms. The highest BCUT2D eigenvalue weighted by molar-refractivity contribution is 14.0. The van der Waals surface area contributed by atoms with Crippen LogP contribution in [0.3, 0.4) is 0 Å². The molecule has 0 amide bonds. The van der Waals surface area contributed by atoms with Crippen molar-refractivity contribution in [1.29, 1.82) is 0 Å². The topological polar surface area (TPSA) is 91.6 Å². The maximum atomic E-state index is 5.88. The molecule has 9 heteroatoms. The summed E-state index contributed by atoms with van der Waals surface area (Å²) in [7, 11) is 1.98. The molecule has 0 aliphatic carbocycles. The Hall–Kier alpha value is -2.56. The van der Waals surface area contributed by atoms with Crippen molar-refractivity contribution in [1.82, 2.24) is 25.4 Å². The number of aromatic nitrogens is 3. The number of hydrogen-bond donors (Lipinski definition) is 2. The first-order valence-electron chi connectivity index (χ1n) is 9.30. The molecule has 0 radical (unpaired) electrons. The third kappa shape index (κ3) is 6.48. The number of likely N-dealkylation sites (N-methyl/N-ethyl adjacent to an activating group) is 1. The SMILES string of the molecule is CCNC(=NCc1nc(-c2ccco2)n[nH]1)N(C)CCOc1ccccc1C.I. The van der Waals surface area contributed by atoms with Crippen LogP contribution in [0.1, 0.15) is 18.3 Å². The lowest BCUT2D eigenvalue weighted by Gasteiger charge is -2.22. The van der Waals surface area contributed by atoms with Crippen molar-refractivity contribution in [3.8, 4) is 17.3 Å². The van der Waals surface area contributed by atoms with Gasteiger partial charge in [0.05, 0.1) is 12.8 Å². The van der Waals surface area contributed by atoms with Crippen molar-refractivity contribution >= 4 is 29.9 Å². The zero-order chi connectivity index (χ0) is 19.8. The van der Waals surface area contributed by atoms with Gasteiger partial charge < -0.3 is 19.4 Å². The van der Waals surface area contributed by atoms with Crippen molar-refractivity contribution in [2.45, 2.75) is 20.4 Å². The fourth-order valence-electron chi connectivity index (χ4n) is 2.62. The van der Waals surface area contributed by atoms with Gasteiger partial charge in [0.2, 0.25) is 5.82 Å². The molecule has 0 saturated heterocycles. The molecular formula is C20H27IN6O2. The van der Waals surface area contributed by atoms with E-state index >= 15 is 0 Å². The van der Waals surface area contributed by atoms with Gasteiger partial charge in [-0.05, 0) is 37.6 Å². The summed E-state index contributed by atoms with van der Waals surface area (Å²) in [6.07, 6.45) is 1.60. The molecule has 29 heavy (non-hydrogen) atoms. The number of guanidine groups is 1. The number of benzene rings is 1. The van der Waals surface area contributed by atoms with Gasteiger partial charge in [0, 0.05) is 13.6 Å². The Kier molecular flexibility index (Phi) is 8.97.